The number of nitrogens with zero attached hydrogens (tertiary/aromatic N) is 3. The van der Waals surface area contributed by atoms with Crippen molar-refractivity contribution in [1.29, 1.82) is 0 Å². The zero-order chi connectivity index (χ0) is 18.4. The number of carbonyl (C=O) groups excluding carboxylic acids is 1. The minimum Gasteiger partial charge on any atom is -0.467 e. The third-order valence-corrected chi connectivity index (χ3v) is 3.51. The normalized spacial score (nSPS) is 11.6. The lowest BCUT2D eigenvalue weighted by molar-refractivity contribution is -0.129. The molecule has 1 aromatic carbocycles. The van der Waals surface area contributed by atoms with Crippen molar-refractivity contribution in [2.45, 2.75) is 19.4 Å². The fraction of sp³-hybridized carbons (Fsp3) is 0.353. The third-order valence-electron chi connectivity index (χ3n) is 3.51. The molecule has 0 unspecified atom stereocenters. The van der Waals surface area contributed by atoms with Gasteiger partial charge in [0.05, 0.1) is 23.1 Å². The van der Waals surface area contributed by atoms with Gasteiger partial charge in [0.2, 0.25) is 0 Å². The van der Waals surface area contributed by atoms with Crippen molar-refractivity contribution in [3.05, 3.63) is 47.7 Å². The minimum atomic E-state index is -3.29. The second-order valence-corrected chi connectivity index (χ2v) is 5.68. The lowest BCUT2D eigenvalue weighted by atomic mass is 10.0. The van der Waals surface area contributed by atoms with Gasteiger partial charge >= 0.3 is 0 Å². The van der Waals surface area contributed by atoms with Gasteiger partial charge in [0.15, 0.2) is 0 Å². The summed E-state index contributed by atoms with van der Waals surface area (Å²) in [5.74, 6) is -4.25. The summed E-state index contributed by atoms with van der Waals surface area (Å²) in [6.45, 7) is 2.21. The van der Waals surface area contributed by atoms with Crippen molar-refractivity contribution in [1.82, 2.24) is 14.9 Å². The van der Waals surface area contributed by atoms with Gasteiger partial charge in [0.25, 0.3) is 12.4 Å². The highest BCUT2D eigenvalue weighted by atomic mass is 19.3. The Kier molecular flexibility index (Phi) is 6.08. The number of hydrogen-bond acceptors (Lipinski definition) is 5. The Balaban J connectivity index is 2.20. The Hall–Kier alpha value is -2.48. The van der Waals surface area contributed by atoms with Gasteiger partial charge in [-0.05, 0) is 25.2 Å². The van der Waals surface area contributed by atoms with Crippen molar-refractivity contribution in [2.24, 2.45) is 0 Å². The first kappa shape index (κ1) is 18.9. The van der Waals surface area contributed by atoms with Crippen molar-refractivity contribution >= 4 is 6.47 Å². The average molecular weight is 353 g/mol. The van der Waals surface area contributed by atoms with Crippen molar-refractivity contribution in [2.75, 3.05) is 20.2 Å². The highest BCUT2D eigenvalue weighted by Crippen LogP contribution is 2.32. The van der Waals surface area contributed by atoms with Crippen LogP contribution in [0, 0.1) is 5.82 Å². The highest BCUT2D eigenvalue weighted by Gasteiger charge is 2.28. The van der Waals surface area contributed by atoms with E-state index < -0.39 is 17.3 Å². The predicted octanol–water partition coefficient (Wildman–Crippen LogP) is 3.00. The maximum Gasteiger partial charge on any atom is 0.293 e. The zero-order valence-electron chi connectivity index (χ0n) is 13.9. The Bertz CT molecular complexity index is 735. The summed E-state index contributed by atoms with van der Waals surface area (Å²) in [6, 6.07) is 3.48. The second-order valence-electron chi connectivity index (χ2n) is 5.68. The van der Waals surface area contributed by atoms with Crippen LogP contribution in [-0.4, -0.2) is 41.5 Å². The molecule has 134 valence electrons. The van der Waals surface area contributed by atoms with Gasteiger partial charge < -0.3 is 4.74 Å². The number of ether oxygens (including phenoxy) is 1. The molecule has 1 aromatic heterocycles. The average Bonchev–Trinajstić information content (AvgIpc) is 2.54. The van der Waals surface area contributed by atoms with E-state index >= 15 is 0 Å². The molecule has 0 aliphatic carbocycles. The molecule has 0 bridgehead atoms. The number of aromatic nitrogens is 2. The number of likely N-dealkylation sites (N-methyl/N-ethyl adjacent to an activating group) is 1. The summed E-state index contributed by atoms with van der Waals surface area (Å²) in [5, 5.41) is 0. The molecule has 0 saturated heterocycles. The molecule has 8 heteroatoms. The van der Waals surface area contributed by atoms with Gasteiger partial charge in [0.1, 0.15) is 12.4 Å². The summed E-state index contributed by atoms with van der Waals surface area (Å²) < 4.78 is 45.2. The number of alkyl halides is 2. The Labute approximate surface area is 143 Å². The maximum absolute atomic E-state index is 13.6. The molecule has 0 radical (unpaired) electrons. The van der Waals surface area contributed by atoms with E-state index in [4.69, 9.17) is 0 Å². The zero-order valence-corrected chi connectivity index (χ0v) is 13.9. The van der Waals surface area contributed by atoms with Crippen LogP contribution in [0.15, 0.2) is 30.6 Å². The van der Waals surface area contributed by atoms with Crippen LogP contribution >= 0.6 is 0 Å². The second kappa shape index (κ2) is 8.06. The van der Waals surface area contributed by atoms with Gasteiger partial charge in [0, 0.05) is 31.8 Å². The summed E-state index contributed by atoms with van der Waals surface area (Å²) in [5.41, 5.74) is 0.667. The molecule has 0 aliphatic rings. The van der Waals surface area contributed by atoms with Crippen molar-refractivity contribution < 1.29 is 22.7 Å². The molecule has 0 N–H and O–H groups in total. The Morgan fingerprint density at radius 2 is 2.08 bits per heavy atom. The molecule has 0 fully saturated rings. The molecular weight excluding hydrogens is 335 g/mol. The smallest absolute Gasteiger partial charge is 0.293 e. The quantitative estimate of drug-likeness (QED) is 0.539. The maximum atomic E-state index is 13.6. The minimum absolute atomic E-state index is 0.250. The van der Waals surface area contributed by atoms with Crippen molar-refractivity contribution in [3.63, 3.8) is 0 Å². The van der Waals surface area contributed by atoms with Crippen molar-refractivity contribution in [3.8, 4) is 11.3 Å². The van der Waals surface area contributed by atoms with E-state index in [9.17, 15) is 18.0 Å². The number of halogens is 3. The Morgan fingerprint density at radius 3 is 2.76 bits per heavy atom. The molecular formula is C17H18F3N3O2. The molecule has 0 saturated carbocycles. The van der Waals surface area contributed by atoms with Crippen LogP contribution < -0.4 is 0 Å². The molecule has 0 atom stereocenters. The van der Waals surface area contributed by atoms with Gasteiger partial charge in [-0.3, -0.25) is 14.7 Å². The van der Waals surface area contributed by atoms with Gasteiger partial charge in [-0.2, -0.15) is 0 Å². The molecule has 2 aromatic rings. The lowest BCUT2D eigenvalue weighted by Gasteiger charge is -2.16. The van der Waals surface area contributed by atoms with Crippen LogP contribution in [0.4, 0.5) is 13.2 Å². The summed E-state index contributed by atoms with van der Waals surface area (Å²) in [7, 11) is 1.82. The molecule has 5 nitrogen and oxygen atoms in total. The molecule has 2 rings (SSSR count). The van der Waals surface area contributed by atoms with Crippen LogP contribution in [0.2, 0.25) is 0 Å². The summed E-state index contributed by atoms with van der Waals surface area (Å²) in [4.78, 5) is 20.4. The SMILES string of the molecule is CN(CCOC=O)Cc1cncc(-c2ccc(F)c(C(C)(F)F)c2)n1. The van der Waals surface area contributed by atoms with E-state index in [1.807, 2.05) is 11.9 Å². The van der Waals surface area contributed by atoms with Gasteiger partial charge in [-0.1, -0.05) is 0 Å². The number of benzene rings is 1. The van der Waals surface area contributed by atoms with E-state index in [0.717, 1.165) is 12.1 Å². The number of hydrogen-bond donors (Lipinski definition) is 0. The Morgan fingerprint density at radius 1 is 1.32 bits per heavy atom. The molecule has 25 heavy (non-hydrogen) atoms. The standard InChI is InChI=1S/C17H18F3N3O2/c1-17(19,20)14-7-12(3-4-15(14)18)16-9-21-8-13(22-16)10-23(2)5-6-25-11-24/h3-4,7-9,11H,5-6,10H2,1-2H3. The highest BCUT2D eigenvalue weighted by molar-refractivity contribution is 5.59. The van der Waals surface area contributed by atoms with Gasteiger partial charge in [-0.15, -0.1) is 0 Å². The first-order valence-electron chi connectivity index (χ1n) is 7.54. The number of rotatable bonds is 8. The van der Waals surface area contributed by atoms with Crippen LogP contribution in [0.1, 0.15) is 18.2 Å². The molecule has 0 spiro atoms. The topological polar surface area (TPSA) is 55.3 Å². The number of carbonyl (C=O) groups is 1. The van der Waals surface area contributed by atoms with Crippen LogP contribution in [0.3, 0.4) is 0 Å². The summed E-state index contributed by atoms with van der Waals surface area (Å²) in [6.07, 6.45) is 2.99. The van der Waals surface area contributed by atoms with E-state index in [0.29, 0.717) is 43.4 Å². The fourth-order valence-corrected chi connectivity index (χ4v) is 2.25. The largest absolute Gasteiger partial charge is 0.467 e. The molecule has 0 aliphatic heterocycles. The fourth-order valence-electron chi connectivity index (χ4n) is 2.25. The van der Waals surface area contributed by atoms with E-state index in [-0.39, 0.29) is 6.61 Å². The molecule has 0 amide bonds. The van der Waals surface area contributed by atoms with Crippen LogP contribution in [-0.2, 0) is 22.0 Å². The third kappa shape index (κ3) is 5.25. The first-order chi connectivity index (χ1) is 11.8. The molecule has 1 heterocycles. The summed E-state index contributed by atoms with van der Waals surface area (Å²) >= 11 is 0. The first-order valence-corrected chi connectivity index (χ1v) is 7.54. The van der Waals surface area contributed by atoms with E-state index in [2.05, 4.69) is 14.7 Å². The van der Waals surface area contributed by atoms with Crippen LogP contribution in [0.25, 0.3) is 11.3 Å². The van der Waals surface area contributed by atoms with E-state index in [1.165, 1.54) is 12.3 Å². The van der Waals surface area contributed by atoms with E-state index in [1.54, 1.807) is 6.20 Å². The monoisotopic (exact) mass is 353 g/mol. The predicted molar refractivity (Wildman–Crippen MR) is 85.3 cm³/mol. The van der Waals surface area contributed by atoms with Gasteiger partial charge in [-0.25, -0.2) is 18.2 Å². The van der Waals surface area contributed by atoms with Crippen LogP contribution in [0.5, 0.6) is 0 Å². The lowest BCUT2D eigenvalue weighted by Crippen LogP contribution is -2.23.